The van der Waals surface area contributed by atoms with E-state index < -0.39 is 17.9 Å². The van der Waals surface area contributed by atoms with E-state index in [-0.39, 0.29) is 17.7 Å². The molecule has 1 heterocycles. The van der Waals surface area contributed by atoms with Crippen LogP contribution in [0.15, 0.2) is 35.2 Å². The van der Waals surface area contributed by atoms with Gasteiger partial charge in [0.15, 0.2) is 0 Å². The first-order valence-electron chi connectivity index (χ1n) is 5.97. The van der Waals surface area contributed by atoms with Gasteiger partial charge in [0.25, 0.3) is 5.91 Å². The molecule has 0 spiro atoms. The van der Waals surface area contributed by atoms with Crippen molar-refractivity contribution in [2.24, 2.45) is 0 Å². The molecule has 0 radical (unpaired) electrons. The molecule has 4 N–H and O–H groups in total. The van der Waals surface area contributed by atoms with Crippen molar-refractivity contribution in [3.05, 3.63) is 46.5 Å². The van der Waals surface area contributed by atoms with Crippen molar-refractivity contribution < 1.29 is 19.8 Å². The largest absolute Gasteiger partial charge is 0.507 e. The molecule has 2 rings (SSSR count). The number of H-pyrrole nitrogens is 1. The highest BCUT2D eigenvalue weighted by molar-refractivity contribution is 9.10. The number of nitrogens with one attached hydrogen (secondary N) is 2. The van der Waals surface area contributed by atoms with E-state index in [0.717, 1.165) is 0 Å². The number of halogens is 1. The second kappa shape index (κ2) is 6.40. The highest BCUT2D eigenvalue weighted by Gasteiger charge is 2.22. The maximum atomic E-state index is 12.0. The van der Waals surface area contributed by atoms with Crippen molar-refractivity contribution >= 4 is 27.8 Å². The summed E-state index contributed by atoms with van der Waals surface area (Å²) < 4.78 is 0.450. The van der Waals surface area contributed by atoms with Crippen LogP contribution in [0.25, 0.3) is 0 Å². The van der Waals surface area contributed by atoms with Crippen LogP contribution in [0, 0.1) is 0 Å². The van der Waals surface area contributed by atoms with E-state index in [2.05, 4.69) is 31.2 Å². The van der Waals surface area contributed by atoms with E-state index in [0.29, 0.717) is 10.2 Å². The Balaban J connectivity index is 2.10. The third kappa shape index (κ3) is 3.82. The maximum absolute atomic E-state index is 12.0. The highest BCUT2D eigenvalue weighted by Crippen LogP contribution is 2.24. The minimum absolute atomic E-state index is 0.0869. The molecule has 7 nitrogen and oxygen atoms in total. The van der Waals surface area contributed by atoms with Crippen LogP contribution in [0.3, 0.4) is 0 Å². The van der Waals surface area contributed by atoms with Gasteiger partial charge in [0.05, 0.1) is 10.8 Å². The summed E-state index contributed by atoms with van der Waals surface area (Å²) in [6.45, 7) is 0. The lowest BCUT2D eigenvalue weighted by Crippen LogP contribution is -2.42. The lowest BCUT2D eigenvalue weighted by Gasteiger charge is -2.14. The van der Waals surface area contributed by atoms with Gasteiger partial charge in [0, 0.05) is 23.9 Å². The molecule has 0 aliphatic rings. The summed E-state index contributed by atoms with van der Waals surface area (Å²) in [6, 6.07) is 3.15. The van der Waals surface area contributed by atoms with Crippen molar-refractivity contribution in [2.45, 2.75) is 12.5 Å². The number of aromatic nitrogens is 2. The van der Waals surface area contributed by atoms with Crippen molar-refractivity contribution in [3.63, 3.8) is 0 Å². The standard InChI is InChI=1S/C13H12BrN3O4/c14-9-2-1-7(3-11(9)18)12(19)17-10(13(20)21)4-8-5-15-6-16-8/h1-3,5-6,10,18H,4H2,(H,15,16)(H,17,19)(H,20,21)/t10-/m1/s1. The summed E-state index contributed by atoms with van der Waals surface area (Å²) in [4.78, 5) is 29.8. The Morgan fingerprint density at radius 1 is 1.43 bits per heavy atom. The van der Waals surface area contributed by atoms with Gasteiger partial charge in [-0.25, -0.2) is 9.78 Å². The summed E-state index contributed by atoms with van der Waals surface area (Å²) in [5.41, 5.74) is 0.771. The third-order valence-corrected chi connectivity index (χ3v) is 3.46. The zero-order valence-electron chi connectivity index (χ0n) is 10.7. The van der Waals surface area contributed by atoms with Gasteiger partial charge in [-0.2, -0.15) is 0 Å². The monoisotopic (exact) mass is 353 g/mol. The fourth-order valence-corrected chi connectivity index (χ4v) is 1.96. The summed E-state index contributed by atoms with van der Waals surface area (Å²) in [5, 5.41) is 21.1. The van der Waals surface area contributed by atoms with E-state index in [9.17, 15) is 14.7 Å². The second-order valence-electron chi connectivity index (χ2n) is 4.31. The van der Waals surface area contributed by atoms with Gasteiger partial charge in [0.2, 0.25) is 0 Å². The summed E-state index contributed by atoms with van der Waals surface area (Å²) in [7, 11) is 0. The van der Waals surface area contributed by atoms with Crippen molar-refractivity contribution in [3.8, 4) is 5.75 Å². The number of carbonyl (C=O) groups is 2. The van der Waals surface area contributed by atoms with Gasteiger partial charge >= 0.3 is 5.97 Å². The number of benzene rings is 1. The third-order valence-electron chi connectivity index (χ3n) is 2.79. The molecule has 0 fully saturated rings. The van der Waals surface area contributed by atoms with Gasteiger partial charge in [-0.05, 0) is 34.1 Å². The molecule has 2 aromatic rings. The molecule has 0 aliphatic heterocycles. The number of hydrogen-bond donors (Lipinski definition) is 4. The van der Waals surface area contributed by atoms with Gasteiger partial charge in [-0.1, -0.05) is 0 Å². The summed E-state index contributed by atoms with van der Waals surface area (Å²) >= 11 is 3.11. The van der Waals surface area contributed by atoms with Crippen LogP contribution in [0.2, 0.25) is 0 Å². The number of imidazole rings is 1. The predicted octanol–water partition coefficient (Wildman–Crippen LogP) is 1.30. The summed E-state index contributed by atoms with van der Waals surface area (Å²) in [5.74, 6) is -1.83. The lowest BCUT2D eigenvalue weighted by molar-refractivity contribution is -0.139. The first kappa shape index (κ1) is 15.0. The van der Waals surface area contributed by atoms with Crippen LogP contribution in [0.5, 0.6) is 5.75 Å². The van der Waals surface area contributed by atoms with Crippen molar-refractivity contribution in [2.75, 3.05) is 0 Å². The number of phenols is 1. The SMILES string of the molecule is O=C(N[C@H](Cc1cnc[nH]1)C(=O)O)c1ccc(Br)c(O)c1. The Bertz CT molecular complexity index is 657. The van der Waals surface area contributed by atoms with Crippen LogP contribution in [-0.4, -0.2) is 38.1 Å². The minimum atomic E-state index is -1.15. The number of rotatable bonds is 5. The van der Waals surface area contributed by atoms with Crippen LogP contribution in [-0.2, 0) is 11.2 Å². The Kier molecular flexibility index (Phi) is 4.59. The summed E-state index contributed by atoms with van der Waals surface area (Å²) in [6.07, 6.45) is 3.01. The lowest BCUT2D eigenvalue weighted by atomic mass is 10.1. The average molecular weight is 354 g/mol. The molecular weight excluding hydrogens is 342 g/mol. The number of amides is 1. The van der Waals surface area contributed by atoms with E-state index >= 15 is 0 Å². The predicted molar refractivity (Wildman–Crippen MR) is 77.0 cm³/mol. The quantitative estimate of drug-likeness (QED) is 0.646. The first-order valence-corrected chi connectivity index (χ1v) is 6.76. The van der Waals surface area contributed by atoms with Crippen molar-refractivity contribution in [1.29, 1.82) is 0 Å². The van der Waals surface area contributed by atoms with E-state index in [4.69, 9.17) is 5.11 Å². The smallest absolute Gasteiger partial charge is 0.326 e. The second-order valence-corrected chi connectivity index (χ2v) is 5.17. The molecule has 0 saturated heterocycles. The number of carboxylic acid groups (broad SMARTS) is 1. The van der Waals surface area contributed by atoms with Crippen molar-refractivity contribution in [1.82, 2.24) is 15.3 Å². The Morgan fingerprint density at radius 3 is 2.76 bits per heavy atom. The normalized spacial score (nSPS) is 11.9. The first-order chi connectivity index (χ1) is 9.97. The van der Waals surface area contributed by atoms with Crippen LogP contribution >= 0.6 is 15.9 Å². The molecule has 1 aromatic carbocycles. The Morgan fingerprint density at radius 2 is 2.19 bits per heavy atom. The molecular formula is C13H12BrN3O4. The molecule has 0 bridgehead atoms. The number of nitrogens with zero attached hydrogens (tertiary/aromatic N) is 1. The Hall–Kier alpha value is -2.35. The molecule has 1 aromatic heterocycles. The number of aliphatic carboxylic acids is 1. The maximum Gasteiger partial charge on any atom is 0.326 e. The number of carbonyl (C=O) groups excluding carboxylic acids is 1. The molecule has 0 saturated carbocycles. The molecule has 8 heteroatoms. The average Bonchev–Trinajstić information content (AvgIpc) is 2.93. The number of hydrogen-bond acceptors (Lipinski definition) is 4. The van der Waals surface area contributed by atoms with E-state index in [1.807, 2.05) is 0 Å². The number of aromatic hydroxyl groups is 1. The van der Waals surface area contributed by atoms with Gasteiger partial charge in [0.1, 0.15) is 11.8 Å². The molecule has 0 unspecified atom stereocenters. The van der Waals surface area contributed by atoms with Gasteiger partial charge in [-0.3, -0.25) is 4.79 Å². The molecule has 21 heavy (non-hydrogen) atoms. The topological polar surface area (TPSA) is 115 Å². The van der Waals surface area contributed by atoms with Crippen LogP contribution in [0.4, 0.5) is 0 Å². The van der Waals surface area contributed by atoms with Gasteiger partial charge in [-0.15, -0.1) is 0 Å². The van der Waals surface area contributed by atoms with Crippen LogP contribution in [0.1, 0.15) is 16.1 Å². The number of phenolic OH excluding ortho intramolecular Hbond substituents is 1. The zero-order valence-corrected chi connectivity index (χ0v) is 12.3. The highest BCUT2D eigenvalue weighted by atomic mass is 79.9. The van der Waals surface area contributed by atoms with Crippen LogP contribution < -0.4 is 5.32 Å². The fraction of sp³-hybridized carbons (Fsp3) is 0.154. The molecule has 1 amide bonds. The van der Waals surface area contributed by atoms with E-state index in [1.165, 1.54) is 30.7 Å². The molecule has 1 atom stereocenters. The number of aromatic amines is 1. The Labute approximate surface area is 128 Å². The minimum Gasteiger partial charge on any atom is -0.507 e. The fourth-order valence-electron chi connectivity index (χ4n) is 1.71. The van der Waals surface area contributed by atoms with Gasteiger partial charge < -0.3 is 20.5 Å². The molecule has 110 valence electrons. The number of carboxylic acids is 1. The zero-order chi connectivity index (χ0) is 15.4. The van der Waals surface area contributed by atoms with E-state index in [1.54, 1.807) is 0 Å². The molecule has 0 aliphatic carbocycles.